The summed E-state index contributed by atoms with van der Waals surface area (Å²) >= 11 is 0. The van der Waals surface area contributed by atoms with Gasteiger partial charge in [-0.25, -0.2) is 0 Å². The normalized spacial score (nSPS) is 10.5. The molecule has 3 rings (SSSR count). The van der Waals surface area contributed by atoms with Crippen LogP contribution in [0, 0.1) is 13.8 Å². The highest BCUT2D eigenvalue weighted by atomic mass is 16.5. The number of aromatic nitrogens is 1. The second-order valence-corrected chi connectivity index (χ2v) is 7.02. The van der Waals surface area contributed by atoms with Crippen LogP contribution in [0.25, 0.3) is 0 Å². The molecule has 0 saturated heterocycles. The molecule has 0 fully saturated rings. The average molecular weight is 423 g/mol. The minimum Gasteiger partial charge on any atom is -0.489 e. The van der Waals surface area contributed by atoms with E-state index in [0.717, 1.165) is 22.6 Å². The van der Waals surface area contributed by atoms with Gasteiger partial charge >= 0.3 is 0 Å². The van der Waals surface area contributed by atoms with Crippen LogP contribution >= 0.6 is 0 Å². The molecule has 0 unspecified atom stereocenters. The molecular formula is C23H25N3O5. The Morgan fingerprint density at radius 2 is 1.68 bits per heavy atom. The summed E-state index contributed by atoms with van der Waals surface area (Å²) in [6.07, 6.45) is 0.213. The van der Waals surface area contributed by atoms with Crippen LogP contribution in [0.2, 0.25) is 0 Å². The monoisotopic (exact) mass is 423 g/mol. The summed E-state index contributed by atoms with van der Waals surface area (Å²) in [5.41, 5.74) is 3.78. The topological polar surface area (TPSA) is 103 Å². The Bertz CT molecular complexity index is 1020. The molecule has 1 aromatic heterocycles. The first-order chi connectivity index (χ1) is 14.9. The predicted octanol–water partition coefficient (Wildman–Crippen LogP) is 3.64. The van der Waals surface area contributed by atoms with Crippen molar-refractivity contribution in [1.29, 1.82) is 0 Å². The van der Waals surface area contributed by atoms with Crippen LogP contribution in [0.4, 0.5) is 11.4 Å². The molecule has 1 heterocycles. The predicted molar refractivity (Wildman–Crippen MR) is 116 cm³/mol. The molecule has 8 nitrogen and oxygen atoms in total. The Morgan fingerprint density at radius 1 is 1.00 bits per heavy atom. The molecule has 2 N–H and O–H groups in total. The largest absolute Gasteiger partial charge is 0.489 e. The first kappa shape index (κ1) is 22.0. The standard InChI is InChI=1S/C23H25N3O5/c1-15-21(16(2)31-26-15)13-30-20-9-7-17(8-10-20)11-22(27)24-18-5-4-6-19(12-18)25-23(28)14-29-3/h4-10,12H,11,13-14H2,1-3H3,(H,24,27)(H,25,28). The molecule has 0 spiro atoms. The zero-order valence-electron chi connectivity index (χ0n) is 17.7. The van der Waals surface area contributed by atoms with E-state index in [4.69, 9.17) is 14.0 Å². The van der Waals surface area contributed by atoms with Gasteiger partial charge in [-0.1, -0.05) is 23.4 Å². The van der Waals surface area contributed by atoms with E-state index in [1.165, 1.54) is 7.11 Å². The van der Waals surface area contributed by atoms with Gasteiger partial charge in [0.15, 0.2) is 0 Å². The van der Waals surface area contributed by atoms with Crippen LogP contribution in [0.5, 0.6) is 5.75 Å². The number of ether oxygens (including phenoxy) is 2. The van der Waals surface area contributed by atoms with Crippen LogP contribution in [-0.4, -0.2) is 30.7 Å². The average Bonchev–Trinajstić information content (AvgIpc) is 3.05. The Hall–Kier alpha value is -3.65. The molecular weight excluding hydrogens is 398 g/mol. The number of methoxy groups -OCH3 is 1. The highest BCUT2D eigenvalue weighted by Gasteiger charge is 2.10. The third-order valence-corrected chi connectivity index (χ3v) is 4.56. The lowest BCUT2D eigenvalue weighted by atomic mass is 10.1. The molecule has 162 valence electrons. The van der Waals surface area contributed by atoms with Gasteiger partial charge in [0.05, 0.1) is 17.7 Å². The number of aryl methyl sites for hydroxylation is 2. The number of rotatable bonds is 9. The van der Waals surface area contributed by atoms with Gasteiger partial charge in [0.1, 0.15) is 24.7 Å². The lowest BCUT2D eigenvalue weighted by Gasteiger charge is -2.09. The van der Waals surface area contributed by atoms with Gasteiger partial charge in [-0.15, -0.1) is 0 Å². The second-order valence-electron chi connectivity index (χ2n) is 7.02. The number of carbonyl (C=O) groups excluding carboxylic acids is 2. The minimum atomic E-state index is -0.261. The summed E-state index contributed by atoms with van der Waals surface area (Å²) < 4.78 is 15.7. The van der Waals surface area contributed by atoms with Crippen molar-refractivity contribution in [3.8, 4) is 5.75 Å². The maximum Gasteiger partial charge on any atom is 0.250 e. The fourth-order valence-electron chi connectivity index (χ4n) is 2.96. The van der Waals surface area contributed by atoms with Crippen molar-refractivity contribution in [2.45, 2.75) is 26.9 Å². The van der Waals surface area contributed by atoms with E-state index < -0.39 is 0 Å². The van der Waals surface area contributed by atoms with Crippen LogP contribution < -0.4 is 15.4 Å². The van der Waals surface area contributed by atoms with E-state index in [-0.39, 0.29) is 24.8 Å². The van der Waals surface area contributed by atoms with E-state index in [9.17, 15) is 9.59 Å². The number of nitrogens with zero attached hydrogens (tertiary/aromatic N) is 1. The van der Waals surface area contributed by atoms with E-state index in [0.29, 0.717) is 23.7 Å². The number of nitrogens with one attached hydrogen (secondary N) is 2. The minimum absolute atomic E-state index is 0.0333. The zero-order chi connectivity index (χ0) is 22.2. The quantitative estimate of drug-likeness (QED) is 0.545. The lowest BCUT2D eigenvalue weighted by molar-refractivity contribution is -0.119. The van der Waals surface area contributed by atoms with Crippen LogP contribution in [0.1, 0.15) is 22.6 Å². The molecule has 0 bridgehead atoms. The van der Waals surface area contributed by atoms with E-state index in [2.05, 4.69) is 15.8 Å². The Labute approximate surface area is 180 Å². The number of anilines is 2. The fourth-order valence-corrected chi connectivity index (χ4v) is 2.96. The number of hydrogen-bond donors (Lipinski definition) is 2. The van der Waals surface area contributed by atoms with Crippen molar-refractivity contribution in [3.63, 3.8) is 0 Å². The highest BCUT2D eigenvalue weighted by Crippen LogP contribution is 2.19. The number of carbonyl (C=O) groups is 2. The summed E-state index contributed by atoms with van der Waals surface area (Å²) in [5, 5.41) is 9.45. The SMILES string of the molecule is COCC(=O)Nc1cccc(NC(=O)Cc2ccc(OCc3c(C)noc3C)cc2)c1. The Kier molecular flexibility index (Phi) is 7.40. The van der Waals surface area contributed by atoms with Crippen molar-refractivity contribution < 1.29 is 23.6 Å². The molecule has 0 atom stereocenters. The molecule has 3 aromatic rings. The van der Waals surface area contributed by atoms with Gasteiger partial charge in [0, 0.05) is 18.5 Å². The first-order valence-corrected chi connectivity index (χ1v) is 9.77. The summed E-state index contributed by atoms with van der Waals surface area (Å²) in [6.45, 7) is 4.07. The first-order valence-electron chi connectivity index (χ1n) is 9.77. The molecule has 0 aliphatic heterocycles. The Morgan fingerprint density at radius 3 is 2.29 bits per heavy atom. The summed E-state index contributed by atoms with van der Waals surface area (Å²) in [6, 6.07) is 14.3. The smallest absolute Gasteiger partial charge is 0.250 e. The zero-order valence-corrected chi connectivity index (χ0v) is 17.7. The van der Waals surface area contributed by atoms with Gasteiger partial charge in [0.25, 0.3) is 0 Å². The van der Waals surface area contributed by atoms with Crippen LogP contribution in [0.3, 0.4) is 0 Å². The van der Waals surface area contributed by atoms with Crippen molar-refractivity contribution in [1.82, 2.24) is 5.16 Å². The van der Waals surface area contributed by atoms with Gasteiger partial charge in [-0.3, -0.25) is 9.59 Å². The van der Waals surface area contributed by atoms with Crippen molar-refractivity contribution >= 4 is 23.2 Å². The molecule has 0 aliphatic rings. The molecule has 8 heteroatoms. The molecule has 0 radical (unpaired) electrons. The molecule has 2 aromatic carbocycles. The number of amides is 2. The number of hydrogen-bond acceptors (Lipinski definition) is 6. The molecule has 31 heavy (non-hydrogen) atoms. The summed E-state index contributed by atoms with van der Waals surface area (Å²) in [4.78, 5) is 24.0. The van der Waals surface area contributed by atoms with E-state index >= 15 is 0 Å². The maximum absolute atomic E-state index is 12.4. The van der Waals surface area contributed by atoms with Gasteiger partial charge in [-0.05, 0) is 49.7 Å². The molecule has 2 amide bonds. The third-order valence-electron chi connectivity index (χ3n) is 4.56. The third kappa shape index (κ3) is 6.42. The maximum atomic E-state index is 12.4. The molecule has 0 aliphatic carbocycles. The molecule has 0 saturated carbocycles. The highest BCUT2D eigenvalue weighted by molar-refractivity contribution is 5.95. The summed E-state index contributed by atoms with van der Waals surface area (Å²) in [5.74, 6) is 1.02. The van der Waals surface area contributed by atoms with Crippen molar-refractivity contribution in [2.24, 2.45) is 0 Å². The lowest BCUT2D eigenvalue weighted by Crippen LogP contribution is -2.18. The fraction of sp³-hybridized carbons (Fsp3) is 0.261. The number of benzene rings is 2. The van der Waals surface area contributed by atoms with Crippen molar-refractivity contribution in [3.05, 3.63) is 71.1 Å². The van der Waals surface area contributed by atoms with Gasteiger partial charge in [-0.2, -0.15) is 0 Å². The van der Waals surface area contributed by atoms with E-state index in [1.807, 2.05) is 38.1 Å². The van der Waals surface area contributed by atoms with Crippen molar-refractivity contribution in [2.75, 3.05) is 24.4 Å². The van der Waals surface area contributed by atoms with Gasteiger partial charge < -0.3 is 24.6 Å². The van der Waals surface area contributed by atoms with Crippen LogP contribution in [0.15, 0.2) is 53.1 Å². The Balaban J connectivity index is 1.52. The second kappa shape index (κ2) is 10.4. The summed E-state index contributed by atoms with van der Waals surface area (Å²) in [7, 11) is 1.45. The van der Waals surface area contributed by atoms with Gasteiger partial charge in [0.2, 0.25) is 11.8 Å². The van der Waals surface area contributed by atoms with Crippen LogP contribution in [-0.2, 0) is 27.4 Å². The van der Waals surface area contributed by atoms with E-state index in [1.54, 1.807) is 24.3 Å².